The van der Waals surface area contributed by atoms with E-state index in [0.29, 0.717) is 16.8 Å². The molecule has 3 rings (SSSR count). The summed E-state index contributed by atoms with van der Waals surface area (Å²) >= 11 is 0. The Morgan fingerprint density at radius 3 is 2.60 bits per heavy atom. The van der Waals surface area contributed by atoms with Crippen LogP contribution in [-0.2, 0) is 12.0 Å². The zero-order chi connectivity index (χ0) is 18.0. The molecule has 1 aromatic carbocycles. The summed E-state index contributed by atoms with van der Waals surface area (Å²) in [5.41, 5.74) is 1.34. The number of unbranched alkanes of at least 4 members (excludes halogenated alkanes) is 2. The van der Waals surface area contributed by atoms with Crippen molar-refractivity contribution in [2.45, 2.75) is 58.9 Å². The van der Waals surface area contributed by atoms with Crippen molar-refractivity contribution >= 4 is 10.9 Å². The van der Waals surface area contributed by atoms with E-state index < -0.39 is 0 Å². The normalized spacial score (nSPS) is 12.0. The molecule has 4 heteroatoms. The van der Waals surface area contributed by atoms with Crippen molar-refractivity contribution < 1.29 is 4.42 Å². The Morgan fingerprint density at radius 2 is 1.92 bits per heavy atom. The van der Waals surface area contributed by atoms with Crippen LogP contribution in [0.15, 0.2) is 45.9 Å². The molecule has 0 unspecified atom stereocenters. The fourth-order valence-corrected chi connectivity index (χ4v) is 2.96. The summed E-state index contributed by atoms with van der Waals surface area (Å²) in [6.07, 6.45) is 7.05. The Morgan fingerprint density at radius 1 is 1.16 bits per heavy atom. The highest BCUT2D eigenvalue weighted by Gasteiger charge is 2.21. The number of pyridine rings is 1. The Kier molecular flexibility index (Phi) is 4.80. The number of hydrogen-bond donors (Lipinski definition) is 0. The van der Waals surface area contributed by atoms with Gasteiger partial charge in [0.25, 0.3) is 0 Å². The number of benzene rings is 1. The Bertz CT molecular complexity index is 929. The molecule has 0 N–H and O–H groups in total. The number of para-hydroxylation sites is 1. The van der Waals surface area contributed by atoms with Gasteiger partial charge in [-0.15, -0.1) is 0 Å². The van der Waals surface area contributed by atoms with Crippen LogP contribution in [0.1, 0.15) is 52.7 Å². The monoisotopic (exact) mass is 338 g/mol. The number of rotatable bonds is 5. The molecule has 0 radical (unpaired) electrons. The van der Waals surface area contributed by atoms with Crippen LogP contribution in [-0.4, -0.2) is 9.55 Å². The lowest BCUT2D eigenvalue weighted by Crippen LogP contribution is -2.12. The summed E-state index contributed by atoms with van der Waals surface area (Å²) in [5, 5.41) is 0.715. The van der Waals surface area contributed by atoms with E-state index in [-0.39, 0.29) is 10.8 Å². The van der Waals surface area contributed by atoms with Gasteiger partial charge in [-0.1, -0.05) is 52.7 Å². The Hall–Kier alpha value is -2.36. The molecule has 0 aliphatic heterocycles. The van der Waals surface area contributed by atoms with Gasteiger partial charge >= 0.3 is 0 Å². The number of aryl methyl sites for hydroxylation is 1. The van der Waals surface area contributed by atoms with Gasteiger partial charge in [-0.3, -0.25) is 4.79 Å². The lowest BCUT2D eigenvalue weighted by atomic mass is 9.94. The molecule has 132 valence electrons. The van der Waals surface area contributed by atoms with Gasteiger partial charge in [0.05, 0.1) is 11.7 Å². The standard InChI is InChI=1S/C21H26N2O2/c1-5-6-9-12-23-14-16(19(24)15-10-7-8-11-17(15)23)20-22-13-18(25-20)21(2,3)4/h7-8,10-11,13-14H,5-6,9,12H2,1-4H3. The summed E-state index contributed by atoms with van der Waals surface area (Å²) in [4.78, 5) is 17.3. The van der Waals surface area contributed by atoms with Crippen molar-refractivity contribution in [3.05, 3.63) is 52.6 Å². The first-order valence-electron chi connectivity index (χ1n) is 9.00. The molecule has 0 saturated carbocycles. The van der Waals surface area contributed by atoms with E-state index in [1.54, 1.807) is 6.20 Å². The van der Waals surface area contributed by atoms with Gasteiger partial charge in [0.2, 0.25) is 11.3 Å². The lowest BCUT2D eigenvalue weighted by Gasteiger charge is -2.14. The minimum atomic E-state index is -0.137. The third kappa shape index (κ3) is 3.53. The highest BCUT2D eigenvalue weighted by Crippen LogP contribution is 2.27. The van der Waals surface area contributed by atoms with Crippen LogP contribution in [0.25, 0.3) is 22.4 Å². The Labute approximate surface area is 148 Å². The molecule has 0 amide bonds. The van der Waals surface area contributed by atoms with E-state index in [1.807, 2.05) is 30.5 Å². The summed E-state index contributed by atoms with van der Waals surface area (Å²) in [6, 6.07) is 7.76. The zero-order valence-electron chi connectivity index (χ0n) is 15.5. The minimum absolute atomic E-state index is 0.0235. The van der Waals surface area contributed by atoms with Crippen molar-refractivity contribution in [3.63, 3.8) is 0 Å². The molecular formula is C21H26N2O2. The maximum absolute atomic E-state index is 13.0. The van der Waals surface area contributed by atoms with E-state index in [1.165, 1.54) is 12.8 Å². The predicted octanol–water partition coefficient (Wildman–Crippen LogP) is 5.14. The second kappa shape index (κ2) is 6.87. The molecule has 0 saturated heterocycles. The molecule has 0 aliphatic rings. The van der Waals surface area contributed by atoms with E-state index >= 15 is 0 Å². The average Bonchev–Trinajstić information content (AvgIpc) is 3.07. The summed E-state index contributed by atoms with van der Waals surface area (Å²) < 4.78 is 8.08. The molecule has 2 aromatic heterocycles. The van der Waals surface area contributed by atoms with Crippen LogP contribution >= 0.6 is 0 Å². The van der Waals surface area contributed by atoms with E-state index in [0.717, 1.165) is 24.2 Å². The first-order chi connectivity index (χ1) is 11.9. The molecule has 0 atom stereocenters. The summed E-state index contributed by atoms with van der Waals surface area (Å²) in [6.45, 7) is 9.28. The van der Waals surface area contributed by atoms with Gasteiger partial charge < -0.3 is 8.98 Å². The number of oxazole rings is 1. The largest absolute Gasteiger partial charge is 0.440 e. The first-order valence-corrected chi connectivity index (χ1v) is 9.00. The van der Waals surface area contributed by atoms with Crippen molar-refractivity contribution in [1.29, 1.82) is 0 Å². The molecule has 3 aromatic rings. The van der Waals surface area contributed by atoms with Crippen LogP contribution in [0.3, 0.4) is 0 Å². The third-order valence-corrected chi connectivity index (χ3v) is 4.47. The Balaban J connectivity index is 2.13. The maximum Gasteiger partial charge on any atom is 0.231 e. The number of hydrogen-bond acceptors (Lipinski definition) is 3. The van der Waals surface area contributed by atoms with Crippen LogP contribution < -0.4 is 5.43 Å². The van der Waals surface area contributed by atoms with Crippen molar-refractivity contribution in [2.24, 2.45) is 0 Å². The molecule has 0 bridgehead atoms. The molecule has 0 aliphatic carbocycles. The highest BCUT2D eigenvalue weighted by atomic mass is 16.4. The topological polar surface area (TPSA) is 48.0 Å². The number of aromatic nitrogens is 2. The van der Waals surface area contributed by atoms with E-state index in [2.05, 4.69) is 37.2 Å². The van der Waals surface area contributed by atoms with Crippen LogP contribution in [0, 0.1) is 0 Å². The molecule has 0 fully saturated rings. The molecule has 2 heterocycles. The van der Waals surface area contributed by atoms with Crippen molar-refractivity contribution in [3.8, 4) is 11.5 Å². The van der Waals surface area contributed by atoms with Crippen LogP contribution in [0.5, 0.6) is 0 Å². The lowest BCUT2D eigenvalue weighted by molar-refractivity contribution is 0.415. The molecule has 0 spiro atoms. The van der Waals surface area contributed by atoms with Gasteiger partial charge in [0.15, 0.2) is 0 Å². The van der Waals surface area contributed by atoms with Crippen molar-refractivity contribution in [1.82, 2.24) is 9.55 Å². The quantitative estimate of drug-likeness (QED) is 0.605. The van der Waals surface area contributed by atoms with E-state index in [9.17, 15) is 4.79 Å². The minimum Gasteiger partial charge on any atom is -0.440 e. The molecule has 25 heavy (non-hydrogen) atoms. The number of nitrogens with zero attached hydrogens (tertiary/aromatic N) is 2. The smallest absolute Gasteiger partial charge is 0.231 e. The predicted molar refractivity (Wildman–Crippen MR) is 102 cm³/mol. The van der Waals surface area contributed by atoms with Gasteiger partial charge in [-0.2, -0.15) is 0 Å². The fourth-order valence-electron chi connectivity index (χ4n) is 2.96. The average molecular weight is 338 g/mol. The first kappa shape index (κ1) is 17.5. The summed E-state index contributed by atoms with van der Waals surface area (Å²) in [7, 11) is 0. The third-order valence-electron chi connectivity index (χ3n) is 4.47. The van der Waals surface area contributed by atoms with Crippen LogP contribution in [0.4, 0.5) is 0 Å². The summed E-state index contributed by atoms with van der Waals surface area (Å²) in [5.74, 6) is 1.19. The maximum atomic E-state index is 13.0. The van der Waals surface area contributed by atoms with Gasteiger partial charge in [-0.05, 0) is 18.6 Å². The number of fused-ring (bicyclic) bond motifs is 1. The van der Waals surface area contributed by atoms with Crippen molar-refractivity contribution in [2.75, 3.05) is 0 Å². The van der Waals surface area contributed by atoms with E-state index in [4.69, 9.17) is 4.42 Å². The fraction of sp³-hybridized carbons (Fsp3) is 0.429. The molecule has 4 nitrogen and oxygen atoms in total. The zero-order valence-corrected chi connectivity index (χ0v) is 15.5. The second-order valence-electron chi connectivity index (χ2n) is 7.57. The second-order valence-corrected chi connectivity index (χ2v) is 7.57. The van der Waals surface area contributed by atoms with Gasteiger partial charge in [-0.25, -0.2) is 4.98 Å². The SMILES string of the molecule is CCCCCn1cc(-c2ncc(C(C)(C)C)o2)c(=O)c2ccccc21. The highest BCUT2D eigenvalue weighted by molar-refractivity contribution is 5.82. The van der Waals surface area contributed by atoms with Gasteiger partial charge in [0.1, 0.15) is 11.3 Å². The molecular weight excluding hydrogens is 312 g/mol. The van der Waals surface area contributed by atoms with Gasteiger partial charge in [0, 0.05) is 23.5 Å². The van der Waals surface area contributed by atoms with Crippen LogP contribution in [0.2, 0.25) is 0 Å².